The predicted octanol–water partition coefficient (Wildman–Crippen LogP) is 1.94. The molecule has 0 unspecified atom stereocenters. The third-order valence-electron chi connectivity index (χ3n) is 4.29. The van der Waals surface area contributed by atoms with Gasteiger partial charge in [0.25, 0.3) is 10.0 Å². The van der Waals surface area contributed by atoms with Gasteiger partial charge in [0.15, 0.2) is 0 Å². The molecular weight excluding hydrogens is 338 g/mol. The SMILES string of the molecule is C[C@H](c1ccccc1)N(C)C(=O)CN=C1NS(=O)(=O)c2ccccc21. The summed E-state index contributed by atoms with van der Waals surface area (Å²) in [5.41, 5.74) is 1.52. The van der Waals surface area contributed by atoms with Gasteiger partial charge in [-0.15, -0.1) is 0 Å². The number of likely N-dealkylation sites (N-methyl/N-ethyl adjacent to an activating group) is 1. The van der Waals surface area contributed by atoms with Crippen LogP contribution in [0.3, 0.4) is 0 Å². The fraction of sp³-hybridized carbons (Fsp3) is 0.222. The van der Waals surface area contributed by atoms with E-state index >= 15 is 0 Å². The van der Waals surface area contributed by atoms with E-state index in [4.69, 9.17) is 0 Å². The fourth-order valence-electron chi connectivity index (χ4n) is 2.68. The first kappa shape index (κ1) is 17.2. The lowest BCUT2D eigenvalue weighted by atomic mass is 10.1. The monoisotopic (exact) mass is 357 g/mol. The predicted molar refractivity (Wildman–Crippen MR) is 95.8 cm³/mol. The molecule has 7 heteroatoms. The van der Waals surface area contributed by atoms with Crippen LogP contribution in [-0.2, 0) is 14.8 Å². The molecule has 1 aliphatic rings. The number of nitrogens with zero attached hydrogens (tertiary/aromatic N) is 2. The number of hydrogen-bond acceptors (Lipinski definition) is 4. The largest absolute Gasteiger partial charge is 0.337 e. The van der Waals surface area contributed by atoms with Gasteiger partial charge in [-0.1, -0.05) is 42.5 Å². The van der Waals surface area contributed by atoms with Crippen LogP contribution in [0.5, 0.6) is 0 Å². The lowest BCUT2D eigenvalue weighted by Gasteiger charge is -2.24. The summed E-state index contributed by atoms with van der Waals surface area (Å²) in [5.74, 6) is 0.0251. The summed E-state index contributed by atoms with van der Waals surface area (Å²) in [5, 5.41) is 0. The van der Waals surface area contributed by atoms with Gasteiger partial charge in [-0.05, 0) is 24.6 Å². The Morgan fingerprint density at radius 2 is 1.76 bits per heavy atom. The van der Waals surface area contributed by atoms with Gasteiger partial charge >= 0.3 is 0 Å². The first-order chi connectivity index (χ1) is 11.9. The van der Waals surface area contributed by atoms with Gasteiger partial charge in [0, 0.05) is 12.6 Å². The highest BCUT2D eigenvalue weighted by atomic mass is 32.2. The average molecular weight is 357 g/mol. The number of aliphatic imine (C=N–C) groups is 1. The summed E-state index contributed by atoms with van der Waals surface area (Å²) in [4.78, 5) is 18.4. The molecule has 1 heterocycles. The molecular formula is C18H19N3O3S. The van der Waals surface area contributed by atoms with Crippen molar-refractivity contribution >= 4 is 21.8 Å². The zero-order chi connectivity index (χ0) is 18.0. The molecule has 1 atom stereocenters. The van der Waals surface area contributed by atoms with E-state index in [9.17, 15) is 13.2 Å². The number of sulfonamides is 1. The van der Waals surface area contributed by atoms with Gasteiger partial charge in [-0.2, -0.15) is 0 Å². The Labute approximate surface area is 147 Å². The van der Waals surface area contributed by atoms with Crippen LogP contribution < -0.4 is 4.72 Å². The number of amidine groups is 1. The number of nitrogens with one attached hydrogen (secondary N) is 1. The van der Waals surface area contributed by atoms with Crippen LogP contribution in [0.15, 0.2) is 64.5 Å². The third-order valence-corrected chi connectivity index (χ3v) is 5.69. The maximum atomic E-state index is 12.4. The molecule has 0 aromatic heterocycles. The molecule has 0 fully saturated rings. The number of carbonyl (C=O) groups is 1. The second kappa shape index (κ2) is 6.68. The zero-order valence-electron chi connectivity index (χ0n) is 14.0. The van der Waals surface area contributed by atoms with E-state index in [2.05, 4.69) is 9.71 Å². The Hall–Kier alpha value is -2.67. The molecule has 6 nitrogen and oxygen atoms in total. The third kappa shape index (κ3) is 3.41. The Bertz CT molecular complexity index is 924. The van der Waals surface area contributed by atoms with Crippen molar-refractivity contribution in [1.82, 2.24) is 9.62 Å². The van der Waals surface area contributed by atoms with Crippen LogP contribution in [0.2, 0.25) is 0 Å². The molecule has 0 bridgehead atoms. The minimum Gasteiger partial charge on any atom is -0.337 e. The number of rotatable bonds is 4. The lowest BCUT2D eigenvalue weighted by Crippen LogP contribution is -2.32. The van der Waals surface area contributed by atoms with Gasteiger partial charge in [-0.25, -0.2) is 8.42 Å². The van der Waals surface area contributed by atoms with E-state index in [0.29, 0.717) is 5.56 Å². The van der Waals surface area contributed by atoms with E-state index in [1.54, 1.807) is 30.1 Å². The molecule has 0 saturated heterocycles. The highest BCUT2D eigenvalue weighted by molar-refractivity contribution is 7.90. The topological polar surface area (TPSA) is 78.8 Å². The highest BCUT2D eigenvalue weighted by Crippen LogP contribution is 2.22. The highest BCUT2D eigenvalue weighted by Gasteiger charge is 2.30. The lowest BCUT2D eigenvalue weighted by molar-refractivity contribution is -0.130. The summed E-state index contributed by atoms with van der Waals surface area (Å²) in [6.45, 7) is 1.81. The zero-order valence-corrected chi connectivity index (χ0v) is 14.8. The molecule has 25 heavy (non-hydrogen) atoms. The van der Waals surface area contributed by atoms with Crippen LogP contribution in [0.25, 0.3) is 0 Å². The van der Waals surface area contributed by atoms with Gasteiger partial charge < -0.3 is 4.90 Å². The average Bonchev–Trinajstić information content (AvgIpc) is 2.90. The number of fused-ring (bicyclic) bond motifs is 1. The van der Waals surface area contributed by atoms with Crippen molar-refractivity contribution in [3.8, 4) is 0 Å². The summed E-state index contributed by atoms with van der Waals surface area (Å²) >= 11 is 0. The summed E-state index contributed by atoms with van der Waals surface area (Å²) in [6, 6.07) is 16.2. The van der Waals surface area contributed by atoms with E-state index in [1.165, 1.54) is 6.07 Å². The Morgan fingerprint density at radius 3 is 2.48 bits per heavy atom. The van der Waals surface area contributed by atoms with E-state index in [0.717, 1.165) is 5.56 Å². The molecule has 130 valence electrons. The first-order valence-electron chi connectivity index (χ1n) is 7.87. The molecule has 2 aromatic carbocycles. The summed E-state index contributed by atoms with van der Waals surface area (Å²) < 4.78 is 26.5. The number of benzene rings is 2. The number of carbonyl (C=O) groups excluding carboxylic acids is 1. The van der Waals surface area contributed by atoms with Crippen molar-refractivity contribution in [3.05, 3.63) is 65.7 Å². The van der Waals surface area contributed by atoms with Crippen LogP contribution in [0, 0.1) is 0 Å². The molecule has 0 saturated carbocycles. The van der Waals surface area contributed by atoms with Gasteiger partial charge in [0.05, 0.1) is 10.9 Å². The van der Waals surface area contributed by atoms with Crippen molar-refractivity contribution in [2.24, 2.45) is 4.99 Å². The quantitative estimate of drug-likeness (QED) is 0.908. The number of amides is 1. The molecule has 0 radical (unpaired) electrons. The summed E-state index contributed by atoms with van der Waals surface area (Å²) in [6.07, 6.45) is 0. The number of hydrogen-bond donors (Lipinski definition) is 1. The molecule has 2 aromatic rings. The fourth-order valence-corrected chi connectivity index (χ4v) is 3.93. The van der Waals surface area contributed by atoms with Crippen LogP contribution in [0.4, 0.5) is 0 Å². The van der Waals surface area contributed by atoms with Crippen molar-refractivity contribution < 1.29 is 13.2 Å². The van der Waals surface area contributed by atoms with Crippen molar-refractivity contribution in [2.45, 2.75) is 17.9 Å². The second-order valence-electron chi connectivity index (χ2n) is 5.86. The first-order valence-corrected chi connectivity index (χ1v) is 9.36. The summed E-state index contributed by atoms with van der Waals surface area (Å²) in [7, 11) is -1.87. The molecule has 1 aliphatic heterocycles. The van der Waals surface area contributed by atoms with Crippen LogP contribution in [-0.4, -0.2) is 38.7 Å². The Morgan fingerprint density at radius 1 is 1.12 bits per heavy atom. The van der Waals surface area contributed by atoms with Gasteiger partial charge in [0.1, 0.15) is 12.4 Å². The molecule has 0 aliphatic carbocycles. The van der Waals surface area contributed by atoms with Gasteiger partial charge in [-0.3, -0.25) is 14.5 Å². The normalized spacial score (nSPS) is 17.6. The van der Waals surface area contributed by atoms with Crippen LogP contribution in [0.1, 0.15) is 24.1 Å². The van der Waals surface area contributed by atoms with Crippen molar-refractivity contribution in [3.63, 3.8) is 0 Å². The van der Waals surface area contributed by atoms with Crippen LogP contribution >= 0.6 is 0 Å². The minimum absolute atomic E-state index is 0.0959. The molecule has 1 amide bonds. The maximum Gasteiger partial charge on any atom is 0.263 e. The second-order valence-corrected chi connectivity index (χ2v) is 7.51. The Kier molecular flexibility index (Phi) is 4.59. The minimum atomic E-state index is -3.59. The van der Waals surface area contributed by atoms with Gasteiger partial charge in [0.2, 0.25) is 5.91 Å². The molecule has 3 rings (SSSR count). The van der Waals surface area contributed by atoms with E-state index in [-0.39, 0.29) is 29.2 Å². The maximum absolute atomic E-state index is 12.4. The Balaban J connectivity index is 1.75. The van der Waals surface area contributed by atoms with Crippen molar-refractivity contribution in [2.75, 3.05) is 13.6 Å². The molecule has 1 N–H and O–H groups in total. The van der Waals surface area contributed by atoms with E-state index < -0.39 is 10.0 Å². The van der Waals surface area contributed by atoms with Crippen molar-refractivity contribution in [1.29, 1.82) is 0 Å². The standard InChI is InChI=1S/C18H19N3O3S/c1-13(14-8-4-3-5-9-14)21(2)17(22)12-19-18-15-10-6-7-11-16(15)25(23,24)20-18/h3-11,13H,12H2,1-2H3,(H,19,20)/t13-/m1/s1. The molecule has 0 spiro atoms. The smallest absolute Gasteiger partial charge is 0.263 e. The van der Waals surface area contributed by atoms with E-state index in [1.807, 2.05) is 37.3 Å².